The third-order valence-corrected chi connectivity index (χ3v) is 3.52. The highest BCUT2D eigenvalue weighted by Gasteiger charge is 2.17. The van der Waals surface area contributed by atoms with Crippen LogP contribution in [-0.4, -0.2) is 24.0 Å². The maximum atomic E-state index is 12.2. The molecule has 1 amide bonds. The maximum absolute atomic E-state index is 12.2. The van der Waals surface area contributed by atoms with Crippen molar-refractivity contribution in [3.05, 3.63) is 57.1 Å². The number of rotatable bonds is 3. The van der Waals surface area contributed by atoms with E-state index in [9.17, 15) is 14.9 Å². The standard InChI is InChI=1S/C15H11ClN2O5/c16-12-8-10(18(20)21)2-3-11(12)15(19)17-9-1-4-13-14(7-9)23-6-5-22-13/h1-4,7-8H,5-6H2,(H,17,19). The summed E-state index contributed by atoms with van der Waals surface area (Å²) in [6.07, 6.45) is 0. The van der Waals surface area contributed by atoms with E-state index in [1.807, 2.05) is 0 Å². The van der Waals surface area contributed by atoms with Crippen molar-refractivity contribution < 1.29 is 19.2 Å². The van der Waals surface area contributed by atoms with Crippen LogP contribution < -0.4 is 14.8 Å². The second-order valence-electron chi connectivity index (χ2n) is 4.73. The second kappa shape index (κ2) is 6.13. The number of anilines is 1. The number of ether oxygens (including phenoxy) is 2. The highest BCUT2D eigenvalue weighted by molar-refractivity contribution is 6.34. The molecule has 1 heterocycles. The van der Waals surface area contributed by atoms with Gasteiger partial charge in [-0.25, -0.2) is 0 Å². The first-order valence-corrected chi connectivity index (χ1v) is 7.07. The number of non-ortho nitro benzene ring substituents is 1. The third kappa shape index (κ3) is 3.19. The van der Waals surface area contributed by atoms with Crippen LogP contribution in [0.1, 0.15) is 10.4 Å². The van der Waals surface area contributed by atoms with Crippen molar-refractivity contribution >= 4 is 28.9 Å². The van der Waals surface area contributed by atoms with E-state index >= 15 is 0 Å². The van der Waals surface area contributed by atoms with Gasteiger partial charge in [0.1, 0.15) is 13.2 Å². The van der Waals surface area contributed by atoms with Crippen LogP contribution in [0.25, 0.3) is 0 Å². The number of nitrogens with one attached hydrogen (secondary N) is 1. The average molecular weight is 335 g/mol. The van der Waals surface area contributed by atoms with Gasteiger partial charge in [0.25, 0.3) is 11.6 Å². The van der Waals surface area contributed by atoms with Gasteiger partial charge in [-0.05, 0) is 18.2 Å². The Balaban J connectivity index is 1.80. The van der Waals surface area contributed by atoms with Gasteiger partial charge in [-0.3, -0.25) is 14.9 Å². The Labute approximate surface area is 135 Å². The molecule has 1 aliphatic rings. The van der Waals surface area contributed by atoms with Gasteiger partial charge < -0.3 is 14.8 Å². The third-order valence-electron chi connectivity index (χ3n) is 3.21. The summed E-state index contributed by atoms with van der Waals surface area (Å²) in [6, 6.07) is 8.69. The van der Waals surface area contributed by atoms with Gasteiger partial charge in [-0.15, -0.1) is 0 Å². The van der Waals surface area contributed by atoms with E-state index in [0.717, 1.165) is 6.07 Å². The van der Waals surface area contributed by atoms with Gasteiger partial charge in [0.05, 0.1) is 15.5 Å². The number of nitro groups is 1. The molecule has 23 heavy (non-hydrogen) atoms. The van der Waals surface area contributed by atoms with Crippen molar-refractivity contribution in [2.45, 2.75) is 0 Å². The summed E-state index contributed by atoms with van der Waals surface area (Å²) in [7, 11) is 0. The van der Waals surface area contributed by atoms with Gasteiger partial charge in [0.2, 0.25) is 0 Å². The molecular formula is C15H11ClN2O5. The predicted octanol–water partition coefficient (Wildman–Crippen LogP) is 3.27. The molecule has 7 nitrogen and oxygen atoms in total. The van der Waals surface area contributed by atoms with Gasteiger partial charge in [-0.1, -0.05) is 11.6 Å². The highest BCUT2D eigenvalue weighted by Crippen LogP contribution is 2.33. The lowest BCUT2D eigenvalue weighted by Gasteiger charge is -2.19. The Morgan fingerprint density at radius 1 is 1.13 bits per heavy atom. The molecule has 3 rings (SSSR count). The molecule has 0 saturated heterocycles. The van der Waals surface area contributed by atoms with E-state index < -0.39 is 10.8 Å². The predicted molar refractivity (Wildman–Crippen MR) is 83.5 cm³/mol. The zero-order chi connectivity index (χ0) is 16.4. The van der Waals surface area contributed by atoms with E-state index in [0.29, 0.717) is 30.4 Å². The van der Waals surface area contributed by atoms with E-state index in [1.54, 1.807) is 18.2 Å². The molecular weight excluding hydrogens is 324 g/mol. The number of amides is 1. The van der Waals surface area contributed by atoms with E-state index in [4.69, 9.17) is 21.1 Å². The Kier molecular flexibility index (Phi) is 4.03. The van der Waals surface area contributed by atoms with Gasteiger partial charge in [0, 0.05) is 23.9 Å². The molecule has 0 aromatic heterocycles. The minimum atomic E-state index is -0.575. The van der Waals surface area contributed by atoms with Crippen molar-refractivity contribution in [2.24, 2.45) is 0 Å². The van der Waals surface area contributed by atoms with Crippen LogP contribution in [-0.2, 0) is 0 Å². The van der Waals surface area contributed by atoms with Crippen LogP contribution in [0.4, 0.5) is 11.4 Å². The second-order valence-corrected chi connectivity index (χ2v) is 5.14. The summed E-state index contributed by atoms with van der Waals surface area (Å²) in [5.74, 6) is 0.688. The quantitative estimate of drug-likeness (QED) is 0.687. The summed E-state index contributed by atoms with van der Waals surface area (Å²) in [5, 5.41) is 13.4. The molecule has 1 aliphatic heterocycles. The van der Waals surface area contributed by atoms with Crippen LogP contribution in [0, 0.1) is 10.1 Å². The number of benzene rings is 2. The van der Waals surface area contributed by atoms with E-state index in [2.05, 4.69) is 5.32 Å². The first-order chi connectivity index (χ1) is 11.0. The number of hydrogen-bond acceptors (Lipinski definition) is 5. The molecule has 0 atom stereocenters. The monoisotopic (exact) mass is 334 g/mol. The highest BCUT2D eigenvalue weighted by atomic mass is 35.5. The number of halogens is 1. The van der Waals surface area contributed by atoms with Gasteiger partial charge >= 0.3 is 0 Å². The van der Waals surface area contributed by atoms with Crippen LogP contribution >= 0.6 is 11.6 Å². The van der Waals surface area contributed by atoms with E-state index in [1.165, 1.54) is 12.1 Å². The first kappa shape index (κ1) is 15.1. The van der Waals surface area contributed by atoms with Gasteiger partial charge in [0.15, 0.2) is 11.5 Å². The molecule has 0 unspecified atom stereocenters. The normalized spacial score (nSPS) is 12.6. The molecule has 0 saturated carbocycles. The Morgan fingerprint density at radius 3 is 2.57 bits per heavy atom. The summed E-state index contributed by atoms with van der Waals surface area (Å²) in [5.41, 5.74) is 0.478. The molecule has 8 heteroatoms. The molecule has 0 radical (unpaired) electrons. The van der Waals surface area contributed by atoms with Crippen molar-refractivity contribution in [1.82, 2.24) is 0 Å². The van der Waals surface area contributed by atoms with Gasteiger partial charge in [-0.2, -0.15) is 0 Å². The van der Waals surface area contributed by atoms with Crippen LogP contribution in [0.5, 0.6) is 11.5 Å². The fraction of sp³-hybridized carbons (Fsp3) is 0.133. The number of fused-ring (bicyclic) bond motifs is 1. The topological polar surface area (TPSA) is 90.7 Å². The minimum absolute atomic E-state index is 0.00856. The van der Waals surface area contributed by atoms with Crippen molar-refractivity contribution in [2.75, 3.05) is 18.5 Å². The van der Waals surface area contributed by atoms with Crippen molar-refractivity contribution in [3.63, 3.8) is 0 Å². The first-order valence-electron chi connectivity index (χ1n) is 6.69. The Morgan fingerprint density at radius 2 is 1.87 bits per heavy atom. The summed E-state index contributed by atoms with van der Waals surface area (Å²) in [6.45, 7) is 0.926. The number of nitro benzene ring substituents is 1. The largest absolute Gasteiger partial charge is 0.486 e. The molecule has 0 spiro atoms. The Hall–Kier alpha value is -2.80. The molecule has 2 aromatic rings. The maximum Gasteiger partial charge on any atom is 0.270 e. The van der Waals surface area contributed by atoms with Crippen molar-refractivity contribution in [1.29, 1.82) is 0 Å². The number of carbonyl (C=O) groups is 1. The van der Waals surface area contributed by atoms with Crippen LogP contribution in [0.2, 0.25) is 5.02 Å². The minimum Gasteiger partial charge on any atom is -0.486 e. The SMILES string of the molecule is O=C(Nc1ccc2c(c1)OCCO2)c1ccc([N+](=O)[O-])cc1Cl. The van der Waals surface area contributed by atoms with Crippen LogP contribution in [0.3, 0.4) is 0 Å². The summed E-state index contributed by atoms with van der Waals surface area (Å²) in [4.78, 5) is 22.4. The zero-order valence-electron chi connectivity index (χ0n) is 11.7. The molecule has 0 bridgehead atoms. The fourth-order valence-electron chi connectivity index (χ4n) is 2.12. The molecule has 0 fully saturated rings. The lowest BCUT2D eigenvalue weighted by Crippen LogP contribution is -2.16. The molecule has 2 aromatic carbocycles. The smallest absolute Gasteiger partial charge is 0.270 e. The number of nitrogens with zero attached hydrogens (tertiary/aromatic N) is 1. The van der Waals surface area contributed by atoms with E-state index in [-0.39, 0.29) is 16.3 Å². The average Bonchev–Trinajstić information content (AvgIpc) is 2.54. The zero-order valence-corrected chi connectivity index (χ0v) is 12.5. The number of carbonyl (C=O) groups excluding carboxylic acids is 1. The summed E-state index contributed by atoms with van der Waals surface area (Å²) < 4.78 is 10.8. The van der Waals surface area contributed by atoms with Crippen LogP contribution in [0.15, 0.2) is 36.4 Å². The Bertz CT molecular complexity index is 793. The molecule has 0 aliphatic carbocycles. The lowest BCUT2D eigenvalue weighted by atomic mass is 10.2. The molecule has 118 valence electrons. The number of hydrogen-bond donors (Lipinski definition) is 1. The van der Waals surface area contributed by atoms with Crippen molar-refractivity contribution in [3.8, 4) is 11.5 Å². The lowest BCUT2D eigenvalue weighted by molar-refractivity contribution is -0.384. The molecule has 1 N–H and O–H groups in total. The fourth-order valence-corrected chi connectivity index (χ4v) is 2.38. The summed E-state index contributed by atoms with van der Waals surface area (Å²) >= 11 is 5.94.